The Kier molecular flexibility index (Phi) is 4.61. The van der Waals surface area contributed by atoms with Gasteiger partial charge in [0.2, 0.25) is 0 Å². The number of nitrogens with one attached hydrogen (secondary N) is 1. The van der Waals surface area contributed by atoms with E-state index in [1.165, 1.54) is 37.1 Å². The van der Waals surface area contributed by atoms with Crippen molar-refractivity contribution in [1.29, 1.82) is 0 Å². The third kappa shape index (κ3) is 3.24. The number of hydrogen-bond donors (Lipinski definition) is 1. The number of piperidine rings is 1. The lowest BCUT2D eigenvalue weighted by molar-refractivity contribution is 0.194. The van der Waals surface area contributed by atoms with E-state index in [0.29, 0.717) is 6.04 Å². The van der Waals surface area contributed by atoms with Gasteiger partial charge in [0.25, 0.3) is 0 Å². The van der Waals surface area contributed by atoms with E-state index >= 15 is 0 Å². The number of nitrogens with zero attached hydrogens (tertiary/aromatic N) is 1. The van der Waals surface area contributed by atoms with Crippen molar-refractivity contribution in [3.05, 3.63) is 29.3 Å². The summed E-state index contributed by atoms with van der Waals surface area (Å²) in [4.78, 5) is 2.54. The number of rotatable bonds is 4. The fourth-order valence-electron chi connectivity index (χ4n) is 2.68. The minimum atomic E-state index is 0.707. The average molecular weight is 248 g/mol. The molecule has 0 saturated carbocycles. The van der Waals surface area contributed by atoms with E-state index < -0.39 is 0 Å². The summed E-state index contributed by atoms with van der Waals surface area (Å²) in [7, 11) is 3.79. The third-order valence-electron chi connectivity index (χ3n) is 3.86. The summed E-state index contributed by atoms with van der Waals surface area (Å²) >= 11 is 0. The molecule has 2 rings (SSSR count). The Labute approximate surface area is 110 Å². The predicted octanol–water partition coefficient (Wildman–Crippen LogP) is 2.19. The summed E-state index contributed by atoms with van der Waals surface area (Å²) in [6, 6.07) is 7.20. The van der Waals surface area contributed by atoms with Crippen LogP contribution >= 0.6 is 0 Å². The summed E-state index contributed by atoms with van der Waals surface area (Å²) in [6.45, 7) is 5.55. The highest BCUT2D eigenvalue weighted by molar-refractivity contribution is 5.36. The first-order chi connectivity index (χ1) is 8.72. The lowest BCUT2D eigenvalue weighted by Gasteiger charge is -2.31. The summed E-state index contributed by atoms with van der Waals surface area (Å²) in [5, 5.41) is 3.37. The molecule has 1 N–H and O–H groups in total. The highest BCUT2D eigenvalue weighted by atomic mass is 16.5. The van der Waals surface area contributed by atoms with Crippen LogP contribution in [0.25, 0.3) is 0 Å². The van der Waals surface area contributed by atoms with E-state index in [-0.39, 0.29) is 0 Å². The molecule has 0 spiro atoms. The molecule has 1 heterocycles. The van der Waals surface area contributed by atoms with Crippen LogP contribution in [0, 0.1) is 6.92 Å². The largest absolute Gasteiger partial charge is 0.496 e. The maximum atomic E-state index is 5.30. The molecule has 0 unspecified atom stereocenters. The number of ether oxygens (including phenoxy) is 1. The van der Waals surface area contributed by atoms with Crippen LogP contribution in [0.3, 0.4) is 0 Å². The van der Waals surface area contributed by atoms with Gasteiger partial charge in [-0.2, -0.15) is 0 Å². The number of methoxy groups -OCH3 is 1. The Hall–Kier alpha value is -1.06. The maximum Gasteiger partial charge on any atom is 0.121 e. The molecule has 0 aliphatic carbocycles. The van der Waals surface area contributed by atoms with E-state index in [9.17, 15) is 0 Å². The van der Waals surface area contributed by atoms with Gasteiger partial charge in [0.15, 0.2) is 0 Å². The first-order valence-electron chi connectivity index (χ1n) is 6.76. The number of likely N-dealkylation sites (tertiary alicyclic amines) is 1. The zero-order valence-electron chi connectivity index (χ0n) is 11.7. The van der Waals surface area contributed by atoms with Gasteiger partial charge in [-0.3, -0.25) is 4.90 Å². The number of aryl methyl sites for hydroxylation is 1. The fourth-order valence-corrected chi connectivity index (χ4v) is 2.68. The van der Waals surface area contributed by atoms with Crippen LogP contribution in [0.4, 0.5) is 0 Å². The maximum absolute atomic E-state index is 5.30. The van der Waals surface area contributed by atoms with Crippen LogP contribution in [-0.4, -0.2) is 38.2 Å². The second-order valence-electron chi connectivity index (χ2n) is 5.14. The second-order valence-corrected chi connectivity index (χ2v) is 5.14. The van der Waals surface area contributed by atoms with Gasteiger partial charge >= 0.3 is 0 Å². The zero-order valence-corrected chi connectivity index (χ0v) is 11.7. The molecule has 1 aliphatic heterocycles. The van der Waals surface area contributed by atoms with Crippen molar-refractivity contribution in [2.45, 2.75) is 32.4 Å². The Morgan fingerprint density at radius 3 is 2.61 bits per heavy atom. The van der Waals surface area contributed by atoms with Crippen LogP contribution in [0.1, 0.15) is 24.0 Å². The van der Waals surface area contributed by atoms with Gasteiger partial charge in [-0.15, -0.1) is 0 Å². The van der Waals surface area contributed by atoms with Crippen molar-refractivity contribution in [2.24, 2.45) is 0 Å². The Morgan fingerprint density at radius 1 is 1.33 bits per heavy atom. The van der Waals surface area contributed by atoms with E-state index in [1.54, 1.807) is 7.11 Å². The molecule has 3 nitrogen and oxygen atoms in total. The normalized spacial score (nSPS) is 17.9. The molecule has 3 heteroatoms. The molecule has 0 amide bonds. The predicted molar refractivity (Wildman–Crippen MR) is 75.1 cm³/mol. The molecule has 1 aromatic carbocycles. The van der Waals surface area contributed by atoms with E-state index in [1.807, 2.05) is 0 Å². The molecule has 0 radical (unpaired) electrons. The molecular weight excluding hydrogens is 224 g/mol. The van der Waals surface area contributed by atoms with Gasteiger partial charge < -0.3 is 10.1 Å². The molecule has 1 saturated heterocycles. The van der Waals surface area contributed by atoms with Gasteiger partial charge in [-0.05, 0) is 57.1 Å². The zero-order chi connectivity index (χ0) is 13.0. The quantitative estimate of drug-likeness (QED) is 0.884. The lowest BCUT2D eigenvalue weighted by atomic mass is 10.0. The number of benzene rings is 1. The molecule has 0 atom stereocenters. The first-order valence-corrected chi connectivity index (χ1v) is 6.76. The van der Waals surface area contributed by atoms with Crippen molar-refractivity contribution in [1.82, 2.24) is 10.2 Å². The Balaban J connectivity index is 1.92. The van der Waals surface area contributed by atoms with Gasteiger partial charge in [-0.1, -0.05) is 12.1 Å². The van der Waals surface area contributed by atoms with E-state index in [0.717, 1.165) is 12.3 Å². The van der Waals surface area contributed by atoms with Gasteiger partial charge in [0.1, 0.15) is 5.75 Å². The molecule has 0 bridgehead atoms. The van der Waals surface area contributed by atoms with E-state index in [2.05, 4.69) is 42.4 Å². The monoisotopic (exact) mass is 248 g/mol. The molecule has 1 aromatic rings. The topological polar surface area (TPSA) is 24.5 Å². The molecule has 1 fully saturated rings. The number of hydrogen-bond acceptors (Lipinski definition) is 3. The van der Waals surface area contributed by atoms with Crippen molar-refractivity contribution in [3.63, 3.8) is 0 Å². The average Bonchev–Trinajstić information content (AvgIpc) is 2.40. The van der Waals surface area contributed by atoms with Gasteiger partial charge in [-0.25, -0.2) is 0 Å². The fraction of sp³-hybridized carbons (Fsp3) is 0.600. The van der Waals surface area contributed by atoms with Crippen LogP contribution in [0.2, 0.25) is 0 Å². The molecular formula is C15H24N2O. The highest BCUT2D eigenvalue weighted by Crippen LogP contribution is 2.20. The summed E-state index contributed by atoms with van der Waals surface area (Å²) in [5.41, 5.74) is 2.61. The second kappa shape index (κ2) is 6.21. The summed E-state index contributed by atoms with van der Waals surface area (Å²) in [5.74, 6) is 0.979. The van der Waals surface area contributed by atoms with Crippen molar-refractivity contribution in [2.75, 3.05) is 27.2 Å². The van der Waals surface area contributed by atoms with Gasteiger partial charge in [0, 0.05) is 12.6 Å². The van der Waals surface area contributed by atoms with Crippen molar-refractivity contribution >= 4 is 0 Å². The molecule has 1 aliphatic rings. The highest BCUT2D eigenvalue weighted by Gasteiger charge is 2.17. The minimum Gasteiger partial charge on any atom is -0.496 e. The van der Waals surface area contributed by atoms with Gasteiger partial charge in [0.05, 0.1) is 7.11 Å². The molecule has 100 valence electrons. The lowest BCUT2D eigenvalue weighted by Crippen LogP contribution is -2.40. The first kappa shape index (κ1) is 13.4. The van der Waals surface area contributed by atoms with Crippen LogP contribution in [0.15, 0.2) is 18.2 Å². The van der Waals surface area contributed by atoms with Crippen molar-refractivity contribution < 1.29 is 4.74 Å². The van der Waals surface area contributed by atoms with Crippen LogP contribution in [0.5, 0.6) is 5.75 Å². The Bertz CT molecular complexity index is 384. The molecule has 18 heavy (non-hydrogen) atoms. The molecule has 0 aromatic heterocycles. The van der Waals surface area contributed by atoms with Crippen molar-refractivity contribution in [3.8, 4) is 5.75 Å². The third-order valence-corrected chi connectivity index (χ3v) is 3.86. The Morgan fingerprint density at radius 2 is 2.06 bits per heavy atom. The smallest absolute Gasteiger partial charge is 0.121 e. The van der Waals surface area contributed by atoms with E-state index in [4.69, 9.17) is 4.74 Å². The summed E-state index contributed by atoms with van der Waals surface area (Å²) < 4.78 is 5.30. The summed E-state index contributed by atoms with van der Waals surface area (Å²) in [6.07, 6.45) is 2.51. The SMILES string of the molecule is CNC1CCN(Cc2ccc(OC)c(C)c2)CC1. The standard InChI is InChI=1S/C15H24N2O/c1-12-10-13(4-5-15(12)18-3)11-17-8-6-14(16-2)7-9-17/h4-5,10,14,16H,6-9,11H2,1-3H3. The minimum absolute atomic E-state index is 0.707. The van der Waals surface area contributed by atoms with Crippen LogP contribution in [-0.2, 0) is 6.54 Å². The van der Waals surface area contributed by atoms with Crippen LogP contribution < -0.4 is 10.1 Å².